The van der Waals surface area contributed by atoms with Gasteiger partial charge in [-0.1, -0.05) is 26.0 Å². The van der Waals surface area contributed by atoms with E-state index in [1.807, 2.05) is 6.07 Å². The van der Waals surface area contributed by atoms with Crippen molar-refractivity contribution >= 4 is 5.97 Å². The summed E-state index contributed by atoms with van der Waals surface area (Å²) in [6.07, 6.45) is -0.954. The van der Waals surface area contributed by atoms with Crippen molar-refractivity contribution in [2.45, 2.75) is 32.3 Å². The molecule has 0 saturated heterocycles. The third-order valence-corrected chi connectivity index (χ3v) is 3.07. The molecule has 94 valence electrons. The fourth-order valence-electron chi connectivity index (χ4n) is 1.87. The van der Waals surface area contributed by atoms with Gasteiger partial charge in [-0.3, -0.25) is 0 Å². The number of hydrogen-bond donors (Lipinski definition) is 2. The number of hydrogen-bond acceptors (Lipinski definition) is 3. The van der Waals surface area contributed by atoms with Gasteiger partial charge in [-0.15, -0.1) is 0 Å². The molecule has 0 aromatic heterocycles. The van der Waals surface area contributed by atoms with E-state index in [1.54, 1.807) is 32.9 Å². The van der Waals surface area contributed by atoms with Crippen molar-refractivity contribution in [2.24, 2.45) is 0 Å². The average Bonchev–Trinajstić information content (AvgIpc) is 2.21. The van der Waals surface area contributed by atoms with Crippen LogP contribution in [0, 0.1) is 6.92 Å². The van der Waals surface area contributed by atoms with Gasteiger partial charge in [0, 0.05) is 12.5 Å². The molecule has 0 heterocycles. The highest BCUT2D eigenvalue weighted by Gasteiger charge is 2.37. The van der Waals surface area contributed by atoms with Crippen LogP contribution >= 0.6 is 0 Å². The number of methoxy groups -OCH3 is 1. The molecule has 1 rings (SSSR count). The van der Waals surface area contributed by atoms with Crippen molar-refractivity contribution < 1.29 is 19.7 Å². The van der Waals surface area contributed by atoms with E-state index < -0.39 is 17.5 Å². The Kier molecular flexibility index (Phi) is 3.78. The Morgan fingerprint density at radius 3 is 2.41 bits per heavy atom. The van der Waals surface area contributed by atoms with E-state index in [2.05, 4.69) is 0 Å². The summed E-state index contributed by atoms with van der Waals surface area (Å²) >= 11 is 0. The highest BCUT2D eigenvalue weighted by molar-refractivity contribution is 5.74. The second-order valence-corrected chi connectivity index (χ2v) is 4.68. The Balaban J connectivity index is 3.19. The lowest BCUT2D eigenvalue weighted by atomic mass is 9.79. The molecule has 1 aromatic carbocycles. The van der Waals surface area contributed by atoms with Gasteiger partial charge in [0.2, 0.25) is 0 Å². The number of carboxylic acids is 1. The summed E-state index contributed by atoms with van der Waals surface area (Å²) in [4.78, 5) is 11.1. The smallest absolute Gasteiger partial charge is 0.333 e. The predicted octanol–water partition coefficient (Wildman–Crippen LogP) is 2.08. The number of ether oxygens (including phenoxy) is 1. The Labute approximate surface area is 101 Å². The lowest BCUT2D eigenvalue weighted by Gasteiger charge is -2.31. The first kappa shape index (κ1) is 13.5. The SMILES string of the molecule is COC(C(=O)O)C(C)(C)c1ccc(C)c(O)c1. The largest absolute Gasteiger partial charge is 0.508 e. The Morgan fingerprint density at radius 2 is 2.00 bits per heavy atom. The van der Waals surface area contributed by atoms with Gasteiger partial charge in [0.25, 0.3) is 0 Å². The summed E-state index contributed by atoms with van der Waals surface area (Å²) in [6.45, 7) is 5.34. The molecule has 0 saturated carbocycles. The van der Waals surface area contributed by atoms with Crippen LogP contribution in [0.1, 0.15) is 25.0 Å². The van der Waals surface area contributed by atoms with Gasteiger partial charge >= 0.3 is 5.97 Å². The molecular formula is C13H18O4. The van der Waals surface area contributed by atoms with Crippen molar-refractivity contribution in [1.29, 1.82) is 0 Å². The highest BCUT2D eigenvalue weighted by atomic mass is 16.5. The molecule has 2 N–H and O–H groups in total. The number of benzene rings is 1. The van der Waals surface area contributed by atoms with Gasteiger partial charge in [-0.2, -0.15) is 0 Å². The van der Waals surface area contributed by atoms with Gasteiger partial charge in [0.1, 0.15) is 5.75 Å². The standard InChI is InChI=1S/C13H18O4/c1-8-5-6-9(7-10(8)14)13(2,3)11(17-4)12(15)16/h5-7,11,14H,1-4H3,(H,15,16). The molecule has 1 atom stereocenters. The van der Waals surface area contributed by atoms with Crippen LogP contribution in [0.2, 0.25) is 0 Å². The van der Waals surface area contributed by atoms with Crippen LogP contribution in [0.25, 0.3) is 0 Å². The summed E-state index contributed by atoms with van der Waals surface area (Å²) in [7, 11) is 1.37. The zero-order valence-electron chi connectivity index (χ0n) is 10.5. The second-order valence-electron chi connectivity index (χ2n) is 4.68. The van der Waals surface area contributed by atoms with Gasteiger partial charge in [0.05, 0.1) is 0 Å². The lowest BCUT2D eigenvalue weighted by Crippen LogP contribution is -2.41. The maximum atomic E-state index is 11.1. The van der Waals surface area contributed by atoms with Crippen molar-refractivity contribution in [1.82, 2.24) is 0 Å². The Hall–Kier alpha value is -1.55. The minimum absolute atomic E-state index is 0.163. The van der Waals surface area contributed by atoms with Gasteiger partial charge < -0.3 is 14.9 Å². The molecule has 0 amide bonds. The molecule has 0 aliphatic rings. The Bertz CT molecular complexity index is 423. The molecule has 4 heteroatoms. The number of aliphatic carboxylic acids is 1. The monoisotopic (exact) mass is 238 g/mol. The third-order valence-electron chi connectivity index (χ3n) is 3.07. The fourth-order valence-corrected chi connectivity index (χ4v) is 1.87. The number of aryl methyl sites for hydroxylation is 1. The van der Waals surface area contributed by atoms with Crippen LogP contribution in [-0.4, -0.2) is 29.4 Å². The van der Waals surface area contributed by atoms with E-state index in [0.717, 1.165) is 11.1 Å². The summed E-state index contributed by atoms with van der Waals surface area (Å²) in [5.74, 6) is -0.853. The first-order valence-electron chi connectivity index (χ1n) is 5.36. The first-order valence-corrected chi connectivity index (χ1v) is 5.36. The molecule has 0 bridgehead atoms. The molecule has 4 nitrogen and oxygen atoms in total. The predicted molar refractivity (Wildman–Crippen MR) is 64.3 cm³/mol. The fraction of sp³-hybridized carbons (Fsp3) is 0.462. The van der Waals surface area contributed by atoms with Gasteiger partial charge in [-0.05, 0) is 24.1 Å². The van der Waals surface area contributed by atoms with Crippen LogP contribution in [0.5, 0.6) is 5.75 Å². The highest BCUT2D eigenvalue weighted by Crippen LogP contribution is 2.32. The number of phenols is 1. The quantitative estimate of drug-likeness (QED) is 0.842. The first-order chi connectivity index (χ1) is 7.80. The van der Waals surface area contributed by atoms with E-state index in [9.17, 15) is 9.90 Å². The lowest BCUT2D eigenvalue weighted by molar-refractivity contribution is -0.152. The molecule has 0 spiro atoms. The Morgan fingerprint density at radius 1 is 1.41 bits per heavy atom. The zero-order chi connectivity index (χ0) is 13.2. The van der Waals surface area contributed by atoms with E-state index >= 15 is 0 Å². The molecule has 17 heavy (non-hydrogen) atoms. The van der Waals surface area contributed by atoms with Gasteiger partial charge in [0.15, 0.2) is 6.10 Å². The summed E-state index contributed by atoms with van der Waals surface area (Å²) in [5, 5.41) is 18.8. The van der Waals surface area contributed by atoms with Gasteiger partial charge in [-0.25, -0.2) is 4.79 Å². The third kappa shape index (κ3) is 2.58. The van der Waals surface area contributed by atoms with Crippen molar-refractivity contribution in [3.05, 3.63) is 29.3 Å². The number of phenolic OH excluding ortho intramolecular Hbond substituents is 1. The van der Waals surface area contributed by atoms with Crippen molar-refractivity contribution in [3.63, 3.8) is 0 Å². The number of aromatic hydroxyl groups is 1. The minimum atomic E-state index is -1.02. The second kappa shape index (κ2) is 4.75. The van der Waals surface area contributed by atoms with E-state index in [1.165, 1.54) is 7.11 Å². The molecule has 1 unspecified atom stereocenters. The zero-order valence-corrected chi connectivity index (χ0v) is 10.5. The van der Waals surface area contributed by atoms with Crippen molar-refractivity contribution in [3.8, 4) is 5.75 Å². The van der Waals surface area contributed by atoms with Crippen LogP contribution in [0.3, 0.4) is 0 Å². The molecule has 0 aliphatic carbocycles. The van der Waals surface area contributed by atoms with E-state index in [4.69, 9.17) is 9.84 Å². The van der Waals surface area contributed by atoms with Crippen LogP contribution in [0.4, 0.5) is 0 Å². The maximum absolute atomic E-state index is 11.1. The maximum Gasteiger partial charge on any atom is 0.333 e. The van der Waals surface area contributed by atoms with E-state index in [0.29, 0.717) is 0 Å². The number of rotatable bonds is 4. The van der Waals surface area contributed by atoms with Crippen LogP contribution < -0.4 is 0 Å². The molecule has 0 fully saturated rings. The van der Waals surface area contributed by atoms with Crippen molar-refractivity contribution in [2.75, 3.05) is 7.11 Å². The number of carbonyl (C=O) groups is 1. The van der Waals surface area contributed by atoms with Crippen LogP contribution in [0.15, 0.2) is 18.2 Å². The topological polar surface area (TPSA) is 66.8 Å². The van der Waals surface area contributed by atoms with Crippen LogP contribution in [-0.2, 0) is 14.9 Å². The van der Waals surface area contributed by atoms with E-state index in [-0.39, 0.29) is 5.75 Å². The molecule has 1 aromatic rings. The number of carboxylic acid groups (broad SMARTS) is 1. The molecule has 0 aliphatic heterocycles. The summed E-state index contributed by atoms with van der Waals surface area (Å²) in [5.41, 5.74) is 0.773. The minimum Gasteiger partial charge on any atom is -0.508 e. The normalized spacial score (nSPS) is 13.4. The summed E-state index contributed by atoms with van der Waals surface area (Å²) < 4.78 is 5.02. The molecular weight excluding hydrogens is 220 g/mol. The molecule has 0 radical (unpaired) electrons. The summed E-state index contributed by atoms with van der Waals surface area (Å²) in [6, 6.07) is 5.16. The average molecular weight is 238 g/mol.